The smallest absolute Gasteiger partial charge is 0.241 e. The van der Waals surface area contributed by atoms with Crippen LogP contribution in [0.5, 0.6) is 0 Å². The molecule has 0 spiro atoms. The Morgan fingerprint density at radius 3 is 2.61 bits per heavy atom. The molecule has 0 saturated heterocycles. The fourth-order valence-electron chi connectivity index (χ4n) is 5.28. The first-order chi connectivity index (χ1) is 15.6. The molecule has 0 amide bonds. The van der Waals surface area contributed by atoms with Gasteiger partial charge >= 0.3 is 0 Å². The van der Waals surface area contributed by atoms with Crippen molar-refractivity contribution >= 4 is 15.8 Å². The number of nitrogen functional groups attached to an aromatic ring is 1. The molecule has 2 bridgehead atoms. The monoisotopic (exact) mass is 463 g/mol. The van der Waals surface area contributed by atoms with Gasteiger partial charge in [0.2, 0.25) is 10.0 Å². The molecule has 33 heavy (non-hydrogen) atoms. The van der Waals surface area contributed by atoms with Crippen molar-refractivity contribution in [3.63, 3.8) is 0 Å². The Labute approximate surface area is 192 Å². The first-order valence-corrected chi connectivity index (χ1v) is 12.2. The summed E-state index contributed by atoms with van der Waals surface area (Å²) < 4.78 is 31.0. The van der Waals surface area contributed by atoms with Crippen molar-refractivity contribution in [1.29, 1.82) is 5.26 Å². The summed E-state index contributed by atoms with van der Waals surface area (Å²) in [6.07, 6.45) is 5.97. The van der Waals surface area contributed by atoms with Gasteiger partial charge in [-0.15, -0.1) is 0 Å². The van der Waals surface area contributed by atoms with E-state index in [1.807, 2.05) is 27.1 Å². The van der Waals surface area contributed by atoms with Crippen LogP contribution >= 0.6 is 0 Å². The molecule has 0 atom stereocenters. The summed E-state index contributed by atoms with van der Waals surface area (Å²) in [4.78, 5) is 9.20. The Bertz CT molecular complexity index is 1430. The fraction of sp³-hybridized carbons (Fsp3) is 0.391. The lowest BCUT2D eigenvalue weighted by atomic mass is 9.66. The summed E-state index contributed by atoms with van der Waals surface area (Å²) in [5, 5.41) is 13.7. The molecule has 1 aromatic carbocycles. The summed E-state index contributed by atoms with van der Waals surface area (Å²) in [5.74, 6) is 0.282. The van der Waals surface area contributed by atoms with Crippen LogP contribution in [0.25, 0.3) is 22.5 Å². The molecule has 10 heteroatoms. The predicted molar refractivity (Wildman–Crippen MR) is 123 cm³/mol. The number of hydrogen-bond donors (Lipinski definition) is 2. The number of sulfonamides is 1. The van der Waals surface area contributed by atoms with E-state index in [9.17, 15) is 13.7 Å². The normalized spacial score (nSPS) is 23.8. The van der Waals surface area contributed by atoms with Crippen LogP contribution in [0.2, 0.25) is 0 Å². The number of nitrogens with one attached hydrogen (secondary N) is 1. The third-order valence-electron chi connectivity index (χ3n) is 6.89. The van der Waals surface area contributed by atoms with Crippen molar-refractivity contribution in [3.05, 3.63) is 41.9 Å². The van der Waals surface area contributed by atoms with Crippen molar-refractivity contribution < 1.29 is 8.42 Å². The van der Waals surface area contributed by atoms with Crippen molar-refractivity contribution in [2.75, 3.05) is 5.73 Å². The average molecular weight is 464 g/mol. The molecule has 2 aromatic heterocycles. The molecular formula is C23H25N7O2S. The molecule has 3 aromatic rings. The number of nitriles is 1. The first-order valence-electron chi connectivity index (χ1n) is 10.7. The minimum absolute atomic E-state index is 0.163. The highest BCUT2D eigenvalue weighted by Crippen LogP contribution is 2.61. The van der Waals surface area contributed by atoms with Crippen LogP contribution in [0.15, 0.2) is 35.5 Å². The topological polar surface area (TPSA) is 140 Å². The van der Waals surface area contributed by atoms with Gasteiger partial charge in [-0.3, -0.25) is 4.68 Å². The van der Waals surface area contributed by atoms with Crippen molar-refractivity contribution in [1.82, 2.24) is 24.5 Å². The Hall–Kier alpha value is -3.29. The minimum Gasteiger partial charge on any atom is -0.382 e. The zero-order chi connectivity index (χ0) is 23.6. The molecule has 9 nitrogen and oxygen atoms in total. The summed E-state index contributed by atoms with van der Waals surface area (Å²) in [5.41, 5.74) is 9.37. The molecule has 2 heterocycles. The quantitative estimate of drug-likeness (QED) is 0.593. The molecular weight excluding hydrogens is 438 g/mol. The van der Waals surface area contributed by atoms with E-state index < -0.39 is 15.6 Å². The van der Waals surface area contributed by atoms with Crippen molar-refractivity contribution in [2.24, 2.45) is 12.5 Å². The molecule has 3 aliphatic rings. The zero-order valence-corrected chi connectivity index (χ0v) is 19.6. The molecule has 6 rings (SSSR count). The summed E-state index contributed by atoms with van der Waals surface area (Å²) in [6.45, 7) is 3.77. The lowest BCUT2D eigenvalue weighted by molar-refractivity contribution is 0.161. The van der Waals surface area contributed by atoms with Gasteiger partial charge in [0, 0.05) is 29.9 Å². The SMILES string of the molecule is Cc1ccc(S(=O)(=O)NC23CCC(C#N)(C2)C3)cc1-c1cnc(N)c(-c2cn(C)nc2C)n1. The van der Waals surface area contributed by atoms with Gasteiger partial charge in [0.25, 0.3) is 0 Å². The van der Waals surface area contributed by atoms with E-state index in [1.54, 1.807) is 29.1 Å². The predicted octanol–water partition coefficient (Wildman–Crippen LogP) is 2.86. The average Bonchev–Trinajstić information content (AvgIpc) is 3.39. The number of benzene rings is 1. The zero-order valence-electron chi connectivity index (χ0n) is 18.8. The third kappa shape index (κ3) is 3.48. The van der Waals surface area contributed by atoms with Gasteiger partial charge in [-0.25, -0.2) is 23.1 Å². The second kappa shape index (κ2) is 7.10. The van der Waals surface area contributed by atoms with E-state index in [-0.39, 0.29) is 16.1 Å². The Morgan fingerprint density at radius 2 is 1.97 bits per heavy atom. The van der Waals surface area contributed by atoms with Gasteiger partial charge in [-0.1, -0.05) is 6.07 Å². The van der Waals surface area contributed by atoms with Gasteiger partial charge in [0.15, 0.2) is 0 Å². The second-order valence-corrected chi connectivity index (χ2v) is 11.1. The molecule has 3 aliphatic carbocycles. The number of anilines is 1. The Kier molecular flexibility index (Phi) is 4.64. The van der Waals surface area contributed by atoms with Gasteiger partial charge in [0.05, 0.1) is 34.0 Å². The van der Waals surface area contributed by atoms with E-state index >= 15 is 0 Å². The first kappa shape index (κ1) is 21.6. The van der Waals surface area contributed by atoms with Crippen molar-refractivity contribution in [3.8, 4) is 28.6 Å². The van der Waals surface area contributed by atoms with Crippen LogP contribution in [0.1, 0.15) is 36.9 Å². The number of aromatic nitrogens is 4. The van der Waals surface area contributed by atoms with E-state index in [2.05, 4.69) is 20.9 Å². The van der Waals surface area contributed by atoms with Crippen LogP contribution < -0.4 is 10.5 Å². The van der Waals surface area contributed by atoms with Crippen LogP contribution in [-0.4, -0.2) is 33.7 Å². The maximum absolute atomic E-state index is 13.2. The fourth-order valence-corrected chi connectivity index (χ4v) is 6.74. The van der Waals surface area contributed by atoms with E-state index in [0.717, 1.165) is 23.2 Å². The standard InChI is InChI=1S/C23H25N7O2S/c1-14-4-5-16(33(31,32)29-23-7-6-22(11-23,12-23)13-24)8-17(14)19-9-26-21(25)20(27-19)18-10-30(3)28-15(18)2/h4-5,8-10,29H,6-7,11-12H2,1-3H3,(H2,25,26). The van der Waals surface area contributed by atoms with E-state index in [4.69, 9.17) is 10.7 Å². The number of hydrogen-bond acceptors (Lipinski definition) is 7. The maximum atomic E-state index is 13.2. The summed E-state index contributed by atoms with van der Waals surface area (Å²) in [6, 6.07) is 7.35. The second-order valence-electron chi connectivity index (χ2n) is 9.40. The molecule has 0 radical (unpaired) electrons. The van der Waals surface area contributed by atoms with E-state index in [1.165, 1.54) is 0 Å². The van der Waals surface area contributed by atoms with Crippen molar-refractivity contribution in [2.45, 2.75) is 50.0 Å². The highest BCUT2D eigenvalue weighted by atomic mass is 32.2. The largest absolute Gasteiger partial charge is 0.382 e. The minimum atomic E-state index is -3.77. The molecule has 0 unspecified atom stereocenters. The summed E-state index contributed by atoms with van der Waals surface area (Å²) in [7, 11) is -1.94. The number of fused-ring (bicyclic) bond motifs is 1. The number of rotatable bonds is 5. The van der Waals surface area contributed by atoms with Gasteiger partial charge in [-0.2, -0.15) is 10.4 Å². The number of nitrogens with zero attached hydrogens (tertiary/aromatic N) is 5. The lowest BCUT2D eigenvalue weighted by Crippen LogP contribution is -2.55. The lowest BCUT2D eigenvalue weighted by Gasteiger charge is -2.43. The van der Waals surface area contributed by atoms with Crippen LogP contribution in [0.4, 0.5) is 5.82 Å². The van der Waals surface area contributed by atoms with E-state index in [0.29, 0.717) is 36.2 Å². The Balaban J connectivity index is 1.51. The molecule has 170 valence electrons. The van der Waals surface area contributed by atoms with Gasteiger partial charge in [0.1, 0.15) is 11.5 Å². The van der Waals surface area contributed by atoms with Crippen LogP contribution in [0.3, 0.4) is 0 Å². The maximum Gasteiger partial charge on any atom is 0.241 e. The summed E-state index contributed by atoms with van der Waals surface area (Å²) >= 11 is 0. The van der Waals surface area contributed by atoms with Crippen LogP contribution in [-0.2, 0) is 17.1 Å². The van der Waals surface area contributed by atoms with Crippen LogP contribution in [0, 0.1) is 30.6 Å². The van der Waals surface area contributed by atoms with Gasteiger partial charge < -0.3 is 5.73 Å². The third-order valence-corrected chi connectivity index (χ3v) is 8.46. The number of nitrogens with two attached hydrogens (primary N) is 1. The molecule has 3 saturated carbocycles. The molecule has 0 aliphatic heterocycles. The Morgan fingerprint density at radius 1 is 1.21 bits per heavy atom. The molecule has 3 fully saturated rings. The highest BCUT2D eigenvalue weighted by molar-refractivity contribution is 7.89. The molecule has 3 N–H and O–H groups in total. The van der Waals surface area contributed by atoms with Gasteiger partial charge in [-0.05, 0) is 57.2 Å². The highest BCUT2D eigenvalue weighted by Gasteiger charge is 2.62. The number of aryl methyl sites for hydroxylation is 3.